The van der Waals surface area contributed by atoms with Crippen LogP contribution in [-0.2, 0) is 17.5 Å². The number of aromatic nitrogens is 1. The van der Waals surface area contributed by atoms with E-state index in [-0.39, 0.29) is 0 Å². The van der Waals surface area contributed by atoms with Crippen molar-refractivity contribution >= 4 is 27.7 Å². The Labute approximate surface area is 199 Å². The number of piperazine rings is 1. The number of carboxylic acid groups (broad SMARTS) is 1. The molecule has 2 aromatic rings. The minimum absolute atomic E-state index is 0.330. The molecule has 6 nitrogen and oxygen atoms in total. The average Bonchev–Trinajstić information content (AvgIpc) is 2.71. The van der Waals surface area contributed by atoms with E-state index in [2.05, 4.69) is 25.8 Å². The zero-order chi connectivity index (χ0) is 24.6. The van der Waals surface area contributed by atoms with Crippen LogP contribution >= 0.6 is 15.9 Å². The second kappa shape index (κ2) is 9.50. The van der Waals surface area contributed by atoms with Crippen LogP contribution in [-0.4, -0.2) is 52.7 Å². The Balaban J connectivity index is 1.64. The zero-order valence-electron chi connectivity index (χ0n) is 19.0. The molecule has 180 valence electrons. The normalized spacial score (nSPS) is 15.6. The molecule has 0 atom stereocenters. The highest BCUT2D eigenvalue weighted by Crippen LogP contribution is 2.34. The number of benzene rings is 1. The third-order valence-corrected chi connectivity index (χ3v) is 6.20. The zero-order valence-corrected chi connectivity index (χ0v) is 20.5. The molecule has 1 N–H and O–H groups in total. The van der Waals surface area contributed by atoms with E-state index in [0.29, 0.717) is 35.7 Å². The minimum Gasteiger partial charge on any atom is -0.478 e. The number of nitrogens with zero attached hydrogens (tertiary/aromatic N) is 3. The molecule has 0 radical (unpaired) electrons. The summed E-state index contributed by atoms with van der Waals surface area (Å²) in [6.07, 6.45) is -3.56. The largest absolute Gasteiger partial charge is 0.478 e. The van der Waals surface area contributed by atoms with Gasteiger partial charge < -0.3 is 14.7 Å². The van der Waals surface area contributed by atoms with E-state index in [4.69, 9.17) is 4.74 Å². The first kappa shape index (κ1) is 25.3. The Hall–Kier alpha value is -2.33. The molecule has 33 heavy (non-hydrogen) atoms. The first-order valence-corrected chi connectivity index (χ1v) is 11.3. The lowest BCUT2D eigenvalue weighted by Gasteiger charge is -2.36. The monoisotopic (exact) mass is 529 g/mol. The van der Waals surface area contributed by atoms with Gasteiger partial charge in [-0.15, -0.1) is 0 Å². The molecule has 3 rings (SSSR count). The molecule has 1 fully saturated rings. The van der Waals surface area contributed by atoms with Gasteiger partial charge in [-0.05, 0) is 66.4 Å². The smallest absolute Gasteiger partial charge is 0.417 e. The lowest BCUT2D eigenvalue weighted by molar-refractivity contribution is -0.152. The standard InChI is InChI=1S/C23H27BrF3N3O3/c1-14-9-16(10-15(2)19(14)33-22(3,4)21(31)32)13-29-5-7-30(8-6-29)20-18(24)11-17(12-28-20)23(25,26)27/h9-12H,5-8,13H2,1-4H3,(H,31,32). The van der Waals surface area contributed by atoms with E-state index in [1.807, 2.05) is 30.9 Å². The summed E-state index contributed by atoms with van der Waals surface area (Å²) in [5.74, 6) is 0.0588. The van der Waals surface area contributed by atoms with Crippen molar-refractivity contribution in [3.63, 3.8) is 0 Å². The Bertz CT molecular complexity index is 1010. The maximum absolute atomic E-state index is 12.9. The fraction of sp³-hybridized carbons (Fsp3) is 0.478. The van der Waals surface area contributed by atoms with E-state index in [1.54, 1.807) is 0 Å². The summed E-state index contributed by atoms with van der Waals surface area (Å²) >= 11 is 3.23. The summed E-state index contributed by atoms with van der Waals surface area (Å²) in [5.41, 5.74) is 0.731. The number of aliphatic carboxylic acids is 1. The van der Waals surface area contributed by atoms with E-state index >= 15 is 0 Å². The Morgan fingerprint density at radius 3 is 2.18 bits per heavy atom. The van der Waals surface area contributed by atoms with Gasteiger partial charge in [0.1, 0.15) is 11.6 Å². The fourth-order valence-electron chi connectivity index (χ4n) is 3.79. The molecule has 1 saturated heterocycles. The third-order valence-electron chi connectivity index (χ3n) is 5.62. The van der Waals surface area contributed by atoms with Gasteiger partial charge in [0.05, 0.1) is 10.0 Å². The second-order valence-electron chi connectivity index (χ2n) is 8.77. The summed E-state index contributed by atoms with van der Waals surface area (Å²) in [7, 11) is 0. The number of anilines is 1. The molecule has 0 aliphatic carbocycles. The van der Waals surface area contributed by atoms with E-state index in [9.17, 15) is 23.1 Å². The summed E-state index contributed by atoms with van der Waals surface area (Å²) in [4.78, 5) is 19.7. The summed E-state index contributed by atoms with van der Waals surface area (Å²) in [5, 5.41) is 9.33. The van der Waals surface area contributed by atoms with Crippen molar-refractivity contribution in [3.05, 3.63) is 51.1 Å². The van der Waals surface area contributed by atoms with Gasteiger partial charge in [0.2, 0.25) is 0 Å². The van der Waals surface area contributed by atoms with Crippen LogP contribution in [0.3, 0.4) is 0 Å². The molecule has 1 aromatic carbocycles. The van der Waals surface area contributed by atoms with Gasteiger partial charge >= 0.3 is 12.1 Å². The molecule has 2 heterocycles. The molecular formula is C23H27BrF3N3O3. The molecule has 1 aliphatic rings. The van der Waals surface area contributed by atoms with Crippen molar-refractivity contribution in [1.82, 2.24) is 9.88 Å². The number of halogens is 4. The summed E-state index contributed by atoms with van der Waals surface area (Å²) in [6, 6.07) is 5.07. The number of pyridine rings is 1. The van der Waals surface area contributed by atoms with Crippen LogP contribution in [0.2, 0.25) is 0 Å². The highest BCUT2D eigenvalue weighted by atomic mass is 79.9. The highest BCUT2D eigenvalue weighted by molar-refractivity contribution is 9.10. The van der Waals surface area contributed by atoms with Crippen molar-refractivity contribution in [1.29, 1.82) is 0 Å². The predicted molar refractivity (Wildman–Crippen MR) is 123 cm³/mol. The van der Waals surface area contributed by atoms with Gasteiger partial charge in [-0.3, -0.25) is 4.90 Å². The Morgan fingerprint density at radius 1 is 1.12 bits per heavy atom. The Morgan fingerprint density at radius 2 is 1.70 bits per heavy atom. The van der Waals surface area contributed by atoms with Crippen LogP contribution in [0.5, 0.6) is 5.75 Å². The summed E-state index contributed by atoms with van der Waals surface area (Å²) in [6.45, 7) is 10.3. The number of carboxylic acids is 1. The van der Waals surface area contributed by atoms with Crippen molar-refractivity contribution in [2.45, 2.75) is 46.0 Å². The molecule has 0 amide bonds. The number of aryl methyl sites for hydroxylation is 2. The van der Waals surface area contributed by atoms with Crippen molar-refractivity contribution in [2.75, 3.05) is 31.1 Å². The quantitative estimate of drug-likeness (QED) is 0.565. The van der Waals surface area contributed by atoms with E-state index in [1.165, 1.54) is 13.8 Å². The maximum atomic E-state index is 12.9. The molecular weight excluding hydrogens is 503 g/mol. The highest BCUT2D eigenvalue weighted by Gasteiger charge is 2.33. The molecule has 1 aromatic heterocycles. The van der Waals surface area contributed by atoms with E-state index < -0.39 is 23.3 Å². The number of ether oxygens (including phenoxy) is 1. The number of alkyl halides is 3. The molecule has 0 spiro atoms. The number of hydrogen-bond acceptors (Lipinski definition) is 5. The molecule has 0 unspecified atom stereocenters. The van der Waals surface area contributed by atoms with Crippen molar-refractivity contribution in [2.24, 2.45) is 0 Å². The van der Waals surface area contributed by atoms with Crippen LogP contribution in [0.4, 0.5) is 19.0 Å². The van der Waals surface area contributed by atoms with Crippen LogP contribution in [0, 0.1) is 13.8 Å². The lowest BCUT2D eigenvalue weighted by atomic mass is 10.0. The number of rotatable bonds is 6. The average molecular weight is 530 g/mol. The lowest BCUT2D eigenvalue weighted by Crippen LogP contribution is -2.46. The minimum atomic E-state index is -4.42. The third kappa shape index (κ3) is 5.97. The predicted octanol–water partition coefficient (Wildman–Crippen LogP) is 5.04. The van der Waals surface area contributed by atoms with Gasteiger partial charge in [0.25, 0.3) is 0 Å². The molecule has 10 heteroatoms. The first-order chi connectivity index (χ1) is 15.3. The number of carbonyl (C=O) groups is 1. The molecule has 1 aliphatic heterocycles. The van der Waals surface area contributed by atoms with Crippen molar-refractivity contribution in [3.8, 4) is 5.75 Å². The van der Waals surface area contributed by atoms with Gasteiger partial charge in [-0.2, -0.15) is 13.2 Å². The SMILES string of the molecule is Cc1cc(CN2CCN(c3ncc(C(F)(F)F)cc3Br)CC2)cc(C)c1OC(C)(C)C(=O)O. The van der Waals surface area contributed by atoms with Crippen LogP contribution < -0.4 is 9.64 Å². The van der Waals surface area contributed by atoms with Gasteiger partial charge in [0, 0.05) is 38.9 Å². The van der Waals surface area contributed by atoms with Gasteiger partial charge in [-0.1, -0.05) is 12.1 Å². The van der Waals surface area contributed by atoms with Gasteiger partial charge in [0.15, 0.2) is 5.60 Å². The maximum Gasteiger partial charge on any atom is 0.417 e. The fourth-order valence-corrected chi connectivity index (χ4v) is 4.39. The summed E-state index contributed by atoms with van der Waals surface area (Å²) < 4.78 is 44.8. The van der Waals surface area contributed by atoms with Crippen LogP contribution in [0.1, 0.15) is 36.1 Å². The van der Waals surface area contributed by atoms with Crippen LogP contribution in [0.25, 0.3) is 0 Å². The number of hydrogen-bond donors (Lipinski definition) is 1. The second-order valence-corrected chi connectivity index (χ2v) is 9.62. The first-order valence-electron chi connectivity index (χ1n) is 10.5. The van der Waals surface area contributed by atoms with Crippen molar-refractivity contribution < 1.29 is 27.8 Å². The van der Waals surface area contributed by atoms with Crippen LogP contribution in [0.15, 0.2) is 28.9 Å². The topological polar surface area (TPSA) is 65.9 Å². The molecule has 0 bridgehead atoms. The Kier molecular flexibility index (Phi) is 7.28. The van der Waals surface area contributed by atoms with Gasteiger partial charge in [-0.25, -0.2) is 9.78 Å². The molecule has 0 saturated carbocycles. The van der Waals surface area contributed by atoms with E-state index in [0.717, 1.165) is 42.0 Å².